The summed E-state index contributed by atoms with van der Waals surface area (Å²) in [6.45, 7) is 2.63. The minimum absolute atomic E-state index is 0.0217. The second kappa shape index (κ2) is 7.54. The number of unbranched alkanes of at least 4 members (excludes halogenated alkanes) is 1. The second-order valence-electron chi connectivity index (χ2n) is 5.03. The topological polar surface area (TPSA) is 52.6 Å². The average molecular weight is 242 g/mol. The third kappa shape index (κ3) is 4.54. The zero-order valence-corrected chi connectivity index (χ0v) is 11.1. The van der Waals surface area contributed by atoms with Crippen molar-refractivity contribution in [1.29, 1.82) is 0 Å². The van der Waals surface area contributed by atoms with Gasteiger partial charge in [0.1, 0.15) is 0 Å². The summed E-state index contributed by atoms with van der Waals surface area (Å²) < 4.78 is 0. The largest absolute Gasteiger partial charge is 0.395 e. The van der Waals surface area contributed by atoms with Gasteiger partial charge >= 0.3 is 6.03 Å². The average Bonchev–Trinajstić information content (AvgIpc) is 2.74. The number of nitrogens with zero attached hydrogens (tertiary/aromatic N) is 1. The number of aliphatic hydroxyl groups excluding tert-OH is 1. The van der Waals surface area contributed by atoms with Crippen LogP contribution in [0.15, 0.2) is 0 Å². The van der Waals surface area contributed by atoms with Gasteiger partial charge in [-0.1, -0.05) is 26.2 Å². The van der Waals surface area contributed by atoms with E-state index in [9.17, 15) is 4.79 Å². The van der Waals surface area contributed by atoms with E-state index in [1.165, 1.54) is 32.1 Å². The van der Waals surface area contributed by atoms with Gasteiger partial charge in [-0.2, -0.15) is 0 Å². The monoisotopic (exact) mass is 242 g/mol. The number of aliphatic hydroxyl groups is 1. The fourth-order valence-corrected chi connectivity index (χ4v) is 2.56. The smallest absolute Gasteiger partial charge is 0.317 e. The summed E-state index contributed by atoms with van der Waals surface area (Å²) in [5, 5.41) is 11.9. The molecular weight excluding hydrogens is 216 g/mol. The highest BCUT2D eigenvalue weighted by Crippen LogP contribution is 2.29. The lowest BCUT2D eigenvalue weighted by Crippen LogP contribution is -2.45. The van der Waals surface area contributed by atoms with Crippen molar-refractivity contribution in [3.8, 4) is 0 Å². The lowest BCUT2D eigenvalue weighted by Gasteiger charge is -2.24. The summed E-state index contributed by atoms with van der Waals surface area (Å²) in [4.78, 5) is 13.4. The number of carbonyl (C=O) groups is 1. The first-order chi connectivity index (χ1) is 8.19. The van der Waals surface area contributed by atoms with Crippen LogP contribution < -0.4 is 5.32 Å². The standard InChI is InChI=1S/C13H26N2O2/c1-3-4-6-11-7-5-8-12(11)14-13(17)15(2)9-10-16/h11-12,16H,3-10H2,1-2H3,(H,14,17). The first-order valence-electron chi connectivity index (χ1n) is 6.81. The van der Waals surface area contributed by atoms with Crippen molar-refractivity contribution in [2.24, 2.45) is 5.92 Å². The Morgan fingerprint density at radius 3 is 2.88 bits per heavy atom. The fourth-order valence-electron chi connectivity index (χ4n) is 2.56. The predicted molar refractivity (Wildman–Crippen MR) is 68.9 cm³/mol. The summed E-state index contributed by atoms with van der Waals surface area (Å²) in [5.41, 5.74) is 0. The van der Waals surface area contributed by atoms with Gasteiger partial charge in [0.05, 0.1) is 6.61 Å². The second-order valence-corrected chi connectivity index (χ2v) is 5.03. The highest BCUT2D eigenvalue weighted by molar-refractivity contribution is 5.74. The molecule has 0 heterocycles. The molecule has 0 saturated heterocycles. The van der Waals surface area contributed by atoms with Gasteiger partial charge in [-0.05, 0) is 25.2 Å². The molecule has 0 aromatic heterocycles. The molecule has 0 aromatic carbocycles. The number of rotatable bonds is 6. The Morgan fingerprint density at radius 1 is 1.47 bits per heavy atom. The summed E-state index contributed by atoms with van der Waals surface area (Å²) in [7, 11) is 1.72. The molecule has 0 aliphatic heterocycles. The molecule has 1 aliphatic rings. The molecule has 0 radical (unpaired) electrons. The van der Waals surface area contributed by atoms with E-state index in [2.05, 4.69) is 12.2 Å². The van der Waals surface area contributed by atoms with Crippen LogP contribution in [-0.4, -0.2) is 42.3 Å². The van der Waals surface area contributed by atoms with Crippen molar-refractivity contribution in [3.63, 3.8) is 0 Å². The third-order valence-corrected chi connectivity index (χ3v) is 3.68. The Kier molecular flexibility index (Phi) is 6.34. The zero-order valence-electron chi connectivity index (χ0n) is 11.1. The van der Waals surface area contributed by atoms with Gasteiger partial charge in [-0.15, -0.1) is 0 Å². The maximum absolute atomic E-state index is 11.8. The Bertz CT molecular complexity index is 233. The lowest BCUT2D eigenvalue weighted by molar-refractivity contribution is 0.184. The van der Waals surface area contributed by atoms with Crippen LogP contribution in [0, 0.1) is 5.92 Å². The van der Waals surface area contributed by atoms with Crippen LogP contribution in [0.5, 0.6) is 0 Å². The van der Waals surface area contributed by atoms with Crippen molar-refractivity contribution in [2.75, 3.05) is 20.2 Å². The Hall–Kier alpha value is -0.770. The highest BCUT2D eigenvalue weighted by Gasteiger charge is 2.28. The molecule has 1 rings (SSSR count). The van der Waals surface area contributed by atoms with Crippen molar-refractivity contribution in [2.45, 2.75) is 51.5 Å². The molecule has 0 bridgehead atoms. The molecule has 2 unspecified atom stereocenters. The van der Waals surface area contributed by atoms with E-state index < -0.39 is 0 Å². The number of hydrogen-bond acceptors (Lipinski definition) is 2. The number of urea groups is 1. The molecule has 17 heavy (non-hydrogen) atoms. The Balaban J connectivity index is 2.35. The van der Waals surface area contributed by atoms with E-state index in [1.54, 1.807) is 11.9 Å². The van der Waals surface area contributed by atoms with Gasteiger partial charge in [-0.25, -0.2) is 4.79 Å². The first-order valence-corrected chi connectivity index (χ1v) is 6.81. The SMILES string of the molecule is CCCCC1CCCC1NC(=O)N(C)CCO. The Labute approximate surface area is 104 Å². The van der Waals surface area contributed by atoms with Crippen LogP contribution in [0.4, 0.5) is 4.79 Å². The van der Waals surface area contributed by atoms with Gasteiger partial charge in [0.25, 0.3) is 0 Å². The molecule has 0 aromatic rings. The van der Waals surface area contributed by atoms with Gasteiger partial charge in [0, 0.05) is 19.6 Å². The van der Waals surface area contributed by atoms with Crippen LogP contribution in [0.3, 0.4) is 0 Å². The summed E-state index contributed by atoms with van der Waals surface area (Å²) >= 11 is 0. The van der Waals surface area contributed by atoms with Gasteiger partial charge in [-0.3, -0.25) is 0 Å². The van der Waals surface area contributed by atoms with E-state index in [0.29, 0.717) is 18.5 Å². The minimum atomic E-state index is -0.0487. The summed E-state index contributed by atoms with van der Waals surface area (Å²) in [6.07, 6.45) is 7.28. The molecule has 0 spiro atoms. The van der Waals surface area contributed by atoms with Crippen LogP contribution in [-0.2, 0) is 0 Å². The van der Waals surface area contributed by atoms with Gasteiger partial charge in [0.15, 0.2) is 0 Å². The maximum Gasteiger partial charge on any atom is 0.317 e. The fraction of sp³-hybridized carbons (Fsp3) is 0.923. The molecule has 2 amide bonds. The van der Waals surface area contributed by atoms with Crippen molar-refractivity contribution in [1.82, 2.24) is 10.2 Å². The third-order valence-electron chi connectivity index (χ3n) is 3.68. The van der Waals surface area contributed by atoms with Crippen LogP contribution in [0.2, 0.25) is 0 Å². The van der Waals surface area contributed by atoms with Crippen LogP contribution >= 0.6 is 0 Å². The van der Waals surface area contributed by atoms with Gasteiger partial charge in [0.2, 0.25) is 0 Å². The number of carbonyl (C=O) groups excluding carboxylic acids is 1. The van der Waals surface area contributed by atoms with E-state index in [-0.39, 0.29) is 12.6 Å². The van der Waals surface area contributed by atoms with Crippen molar-refractivity contribution >= 4 is 6.03 Å². The molecule has 4 heteroatoms. The lowest BCUT2D eigenvalue weighted by atomic mass is 9.97. The van der Waals surface area contributed by atoms with Gasteiger partial charge < -0.3 is 15.3 Å². The molecular formula is C13H26N2O2. The summed E-state index contributed by atoms with van der Waals surface area (Å²) in [5.74, 6) is 0.654. The molecule has 2 atom stereocenters. The normalized spacial score (nSPS) is 23.7. The van der Waals surface area contributed by atoms with Crippen LogP contribution in [0.1, 0.15) is 45.4 Å². The van der Waals surface area contributed by atoms with Crippen LogP contribution in [0.25, 0.3) is 0 Å². The Morgan fingerprint density at radius 2 is 2.24 bits per heavy atom. The quantitative estimate of drug-likeness (QED) is 0.748. The van der Waals surface area contributed by atoms with E-state index in [1.807, 2.05) is 0 Å². The van der Waals surface area contributed by atoms with E-state index in [0.717, 1.165) is 6.42 Å². The van der Waals surface area contributed by atoms with Crippen molar-refractivity contribution < 1.29 is 9.90 Å². The molecule has 1 fully saturated rings. The number of likely N-dealkylation sites (N-methyl/N-ethyl adjacent to an activating group) is 1. The highest BCUT2D eigenvalue weighted by atomic mass is 16.3. The maximum atomic E-state index is 11.8. The zero-order chi connectivity index (χ0) is 12.7. The van der Waals surface area contributed by atoms with E-state index >= 15 is 0 Å². The van der Waals surface area contributed by atoms with Crippen molar-refractivity contribution in [3.05, 3.63) is 0 Å². The first kappa shape index (κ1) is 14.3. The molecule has 100 valence electrons. The number of nitrogens with one attached hydrogen (secondary N) is 1. The molecule has 1 saturated carbocycles. The predicted octanol–water partition coefficient (Wildman–Crippen LogP) is 1.98. The molecule has 1 aliphatic carbocycles. The number of hydrogen-bond donors (Lipinski definition) is 2. The van der Waals surface area contributed by atoms with E-state index in [4.69, 9.17) is 5.11 Å². The molecule has 2 N–H and O–H groups in total. The minimum Gasteiger partial charge on any atom is -0.395 e. The molecule has 4 nitrogen and oxygen atoms in total. The number of amides is 2. The summed E-state index contributed by atoms with van der Waals surface area (Å²) in [6, 6.07) is 0.294.